The van der Waals surface area contributed by atoms with E-state index in [1.54, 1.807) is 0 Å². The van der Waals surface area contributed by atoms with Crippen molar-refractivity contribution in [2.24, 2.45) is 16.9 Å². The normalized spacial score (nSPS) is 39.8. The fourth-order valence-corrected chi connectivity index (χ4v) is 2.40. The van der Waals surface area contributed by atoms with E-state index >= 15 is 0 Å². The minimum Gasteiger partial charge on any atom is -0.393 e. The third-order valence-corrected chi connectivity index (χ3v) is 3.28. The average molecular weight is 182 g/mol. The Hall–Kier alpha value is -0.570. The van der Waals surface area contributed by atoms with E-state index in [1.807, 2.05) is 12.1 Å². The molecule has 1 aliphatic carbocycles. The molecular weight excluding hydrogens is 164 g/mol. The van der Waals surface area contributed by atoms with Crippen LogP contribution in [-0.4, -0.2) is 36.0 Å². The number of rotatable bonds is 1. The zero-order chi connectivity index (χ0) is 9.26. The SMILES string of the molecule is CN1CC(C2CCC(O)CC2)C=N1. The molecule has 1 N–H and O–H groups in total. The van der Waals surface area contributed by atoms with E-state index in [-0.39, 0.29) is 6.10 Å². The summed E-state index contributed by atoms with van der Waals surface area (Å²) in [6.45, 7) is 1.07. The zero-order valence-corrected chi connectivity index (χ0v) is 8.19. The molecule has 1 unspecified atom stereocenters. The van der Waals surface area contributed by atoms with Gasteiger partial charge in [-0.1, -0.05) is 0 Å². The highest BCUT2D eigenvalue weighted by molar-refractivity contribution is 5.63. The number of hydrazone groups is 1. The van der Waals surface area contributed by atoms with Crippen LogP contribution in [0.25, 0.3) is 0 Å². The second-order valence-corrected chi connectivity index (χ2v) is 4.34. The molecule has 1 fully saturated rings. The molecule has 74 valence electrons. The second kappa shape index (κ2) is 3.66. The Labute approximate surface area is 79.4 Å². The largest absolute Gasteiger partial charge is 0.393 e. The molecule has 1 atom stereocenters. The Bertz CT molecular complexity index is 197. The van der Waals surface area contributed by atoms with Crippen molar-refractivity contribution in [1.29, 1.82) is 0 Å². The molecule has 1 heterocycles. The van der Waals surface area contributed by atoms with Crippen LogP contribution < -0.4 is 0 Å². The number of aliphatic hydroxyl groups excluding tert-OH is 1. The molecule has 3 nitrogen and oxygen atoms in total. The van der Waals surface area contributed by atoms with Crippen LogP contribution in [-0.2, 0) is 0 Å². The molecule has 0 spiro atoms. The lowest BCUT2D eigenvalue weighted by Crippen LogP contribution is -2.27. The van der Waals surface area contributed by atoms with Gasteiger partial charge in [0.15, 0.2) is 0 Å². The van der Waals surface area contributed by atoms with E-state index in [1.165, 1.54) is 12.8 Å². The molecule has 0 radical (unpaired) electrons. The van der Waals surface area contributed by atoms with E-state index in [0.29, 0.717) is 5.92 Å². The first-order valence-electron chi connectivity index (χ1n) is 5.19. The third kappa shape index (κ3) is 2.02. The first-order valence-corrected chi connectivity index (χ1v) is 5.19. The van der Waals surface area contributed by atoms with Crippen LogP contribution in [0.3, 0.4) is 0 Å². The van der Waals surface area contributed by atoms with Gasteiger partial charge in [0, 0.05) is 25.7 Å². The van der Waals surface area contributed by atoms with Crippen LogP contribution in [0.2, 0.25) is 0 Å². The predicted octanol–water partition coefficient (Wildman–Crippen LogP) is 1.08. The van der Waals surface area contributed by atoms with Crippen LogP contribution >= 0.6 is 0 Å². The number of hydrogen-bond acceptors (Lipinski definition) is 3. The van der Waals surface area contributed by atoms with Crippen molar-refractivity contribution in [3.63, 3.8) is 0 Å². The van der Waals surface area contributed by atoms with Crippen molar-refractivity contribution in [2.75, 3.05) is 13.6 Å². The molecule has 0 amide bonds. The lowest BCUT2D eigenvalue weighted by Gasteiger charge is -2.28. The van der Waals surface area contributed by atoms with Gasteiger partial charge in [-0.15, -0.1) is 0 Å². The van der Waals surface area contributed by atoms with Crippen molar-refractivity contribution in [2.45, 2.75) is 31.8 Å². The first kappa shape index (κ1) is 9.00. The monoisotopic (exact) mass is 182 g/mol. The minimum absolute atomic E-state index is 0.0349. The first-order chi connectivity index (χ1) is 6.25. The molecule has 0 aromatic carbocycles. The summed E-state index contributed by atoms with van der Waals surface area (Å²) in [6, 6.07) is 0. The predicted molar refractivity (Wildman–Crippen MR) is 52.6 cm³/mol. The van der Waals surface area contributed by atoms with Crippen molar-refractivity contribution in [3.8, 4) is 0 Å². The Kier molecular flexibility index (Phi) is 2.54. The van der Waals surface area contributed by atoms with Crippen LogP contribution in [0.5, 0.6) is 0 Å². The summed E-state index contributed by atoms with van der Waals surface area (Å²) >= 11 is 0. The standard InChI is InChI=1S/C10H18N2O/c1-12-7-9(6-11-12)8-2-4-10(13)5-3-8/h6,8-10,13H,2-5,7H2,1H3. The van der Waals surface area contributed by atoms with Crippen LogP contribution in [0.4, 0.5) is 0 Å². The molecule has 1 aliphatic heterocycles. The van der Waals surface area contributed by atoms with E-state index < -0.39 is 0 Å². The van der Waals surface area contributed by atoms with E-state index in [4.69, 9.17) is 0 Å². The molecule has 13 heavy (non-hydrogen) atoms. The Balaban J connectivity index is 1.85. The van der Waals surface area contributed by atoms with Crippen molar-refractivity contribution < 1.29 is 5.11 Å². The maximum Gasteiger partial charge on any atom is 0.0540 e. The van der Waals surface area contributed by atoms with Crippen LogP contribution in [0.15, 0.2) is 5.10 Å². The Morgan fingerprint density at radius 1 is 1.31 bits per heavy atom. The Morgan fingerprint density at radius 3 is 2.54 bits per heavy atom. The highest BCUT2D eigenvalue weighted by Crippen LogP contribution is 2.31. The Morgan fingerprint density at radius 2 is 2.00 bits per heavy atom. The van der Waals surface area contributed by atoms with Gasteiger partial charge in [0.25, 0.3) is 0 Å². The molecule has 0 aromatic rings. The van der Waals surface area contributed by atoms with E-state index in [0.717, 1.165) is 25.3 Å². The maximum atomic E-state index is 9.38. The minimum atomic E-state index is -0.0349. The summed E-state index contributed by atoms with van der Waals surface area (Å²) < 4.78 is 0. The zero-order valence-electron chi connectivity index (χ0n) is 8.19. The molecule has 2 aliphatic rings. The number of hydrogen-bond donors (Lipinski definition) is 1. The van der Waals surface area contributed by atoms with Crippen molar-refractivity contribution in [3.05, 3.63) is 0 Å². The number of aliphatic hydroxyl groups is 1. The van der Waals surface area contributed by atoms with E-state index in [2.05, 4.69) is 11.3 Å². The molecule has 0 bridgehead atoms. The summed E-state index contributed by atoms with van der Waals surface area (Å²) in [6.07, 6.45) is 6.37. The van der Waals surface area contributed by atoms with Gasteiger partial charge in [-0.3, -0.25) is 5.01 Å². The molecule has 2 rings (SSSR count). The van der Waals surface area contributed by atoms with Crippen molar-refractivity contribution >= 4 is 6.21 Å². The molecular formula is C10H18N2O. The topological polar surface area (TPSA) is 35.8 Å². The van der Waals surface area contributed by atoms with Gasteiger partial charge in [-0.05, 0) is 31.6 Å². The summed E-state index contributed by atoms with van der Waals surface area (Å²) in [7, 11) is 2.02. The van der Waals surface area contributed by atoms with Gasteiger partial charge >= 0.3 is 0 Å². The van der Waals surface area contributed by atoms with Crippen LogP contribution in [0, 0.1) is 11.8 Å². The molecule has 3 heteroatoms. The average Bonchev–Trinajstić information content (AvgIpc) is 2.53. The van der Waals surface area contributed by atoms with Crippen molar-refractivity contribution in [1.82, 2.24) is 5.01 Å². The summed E-state index contributed by atoms with van der Waals surface area (Å²) in [5, 5.41) is 15.6. The lowest BCUT2D eigenvalue weighted by molar-refractivity contribution is 0.0983. The third-order valence-electron chi connectivity index (χ3n) is 3.28. The van der Waals surface area contributed by atoms with Gasteiger partial charge in [-0.2, -0.15) is 5.10 Å². The fourth-order valence-electron chi connectivity index (χ4n) is 2.40. The van der Waals surface area contributed by atoms with E-state index in [9.17, 15) is 5.11 Å². The maximum absolute atomic E-state index is 9.38. The van der Waals surface area contributed by atoms with Crippen LogP contribution in [0.1, 0.15) is 25.7 Å². The van der Waals surface area contributed by atoms with Gasteiger partial charge in [0.05, 0.1) is 6.10 Å². The van der Waals surface area contributed by atoms with Gasteiger partial charge in [-0.25, -0.2) is 0 Å². The summed E-state index contributed by atoms with van der Waals surface area (Å²) in [4.78, 5) is 0. The van der Waals surface area contributed by atoms with Gasteiger partial charge in [0.2, 0.25) is 0 Å². The molecule has 1 saturated carbocycles. The fraction of sp³-hybridized carbons (Fsp3) is 0.900. The molecule has 0 aromatic heterocycles. The summed E-state index contributed by atoms with van der Waals surface area (Å²) in [5.41, 5.74) is 0. The van der Waals surface area contributed by atoms with Gasteiger partial charge in [0.1, 0.15) is 0 Å². The highest BCUT2D eigenvalue weighted by atomic mass is 16.3. The quantitative estimate of drug-likeness (QED) is 0.659. The van der Waals surface area contributed by atoms with Gasteiger partial charge < -0.3 is 5.11 Å². The smallest absolute Gasteiger partial charge is 0.0540 e. The lowest BCUT2D eigenvalue weighted by atomic mass is 9.79. The number of nitrogens with zero attached hydrogens (tertiary/aromatic N) is 2. The second-order valence-electron chi connectivity index (χ2n) is 4.34. The molecule has 0 saturated heterocycles. The summed E-state index contributed by atoms with van der Waals surface area (Å²) in [5.74, 6) is 1.40. The highest BCUT2D eigenvalue weighted by Gasteiger charge is 2.28.